The second kappa shape index (κ2) is 9.73. The van der Waals surface area contributed by atoms with E-state index in [1.165, 1.54) is 10.8 Å². The van der Waals surface area contributed by atoms with Crippen molar-refractivity contribution < 1.29 is 19.0 Å². The Morgan fingerprint density at radius 1 is 1.00 bits per heavy atom. The van der Waals surface area contributed by atoms with Crippen LogP contribution in [0.25, 0.3) is 0 Å². The molecular formula is C27H28N2O6. The number of fused-ring (bicyclic) bond motifs is 2. The monoisotopic (exact) mass is 476 g/mol. The first-order chi connectivity index (χ1) is 17.0. The number of aromatic amines is 1. The maximum absolute atomic E-state index is 13.2. The van der Waals surface area contributed by atoms with E-state index in [0.717, 1.165) is 11.1 Å². The van der Waals surface area contributed by atoms with Gasteiger partial charge in [0.25, 0.3) is 5.56 Å². The second-order valence-electron chi connectivity index (χ2n) is 9.24. The molecule has 1 N–H and O–H groups in total. The summed E-state index contributed by atoms with van der Waals surface area (Å²) in [4.78, 5) is 40.1. The summed E-state index contributed by atoms with van der Waals surface area (Å²) in [5, 5.41) is 0. The highest BCUT2D eigenvalue weighted by Gasteiger charge is 2.62. The molecule has 0 spiro atoms. The second-order valence-corrected chi connectivity index (χ2v) is 9.24. The van der Waals surface area contributed by atoms with Crippen LogP contribution in [0.15, 0.2) is 76.4 Å². The number of nitrogens with zero attached hydrogens (tertiary/aromatic N) is 1. The summed E-state index contributed by atoms with van der Waals surface area (Å²) < 4.78 is 20.3. The van der Waals surface area contributed by atoms with Gasteiger partial charge < -0.3 is 14.2 Å². The molecule has 2 heterocycles. The molecule has 8 nitrogen and oxygen atoms in total. The van der Waals surface area contributed by atoms with E-state index in [-0.39, 0.29) is 12.4 Å². The maximum Gasteiger partial charge on any atom is 0.330 e. The van der Waals surface area contributed by atoms with E-state index in [4.69, 9.17) is 14.2 Å². The van der Waals surface area contributed by atoms with Gasteiger partial charge in [-0.1, -0.05) is 60.7 Å². The van der Waals surface area contributed by atoms with E-state index in [1.54, 1.807) is 6.92 Å². The molecule has 1 aliphatic carbocycles. The smallest absolute Gasteiger partial charge is 0.330 e. The van der Waals surface area contributed by atoms with Crippen LogP contribution in [0.2, 0.25) is 0 Å². The summed E-state index contributed by atoms with van der Waals surface area (Å²) >= 11 is 0. The summed E-state index contributed by atoms with van der Waals surface area (Å²) in [6, 6.07) is 19.5. The first-order valence-electron chi connectivity index (χ1n) is 11.8. The van der Waals surface area contributed by atoms with Crippen molar-refractivity contribution in [2.75, 3.05) is 6.61 Å². The number of H-pyrrole nitrogens is 1. The Morgan fingerprint density at radius 2 is 1.66 bits per heavy atom. The molecule has 1 saturated carbocycles. The van der Waals surface area contributed by atoms with Gasteiger partial charge in [-0.25, -0.2) is 4.79 Å². The molecule has 8 heteroatoms. The third-order valence-corrected chi connectivity index (χ3v) is 6.82. The van der Waals surface area contributed by atoms with Gasteiger partial charge in [-0.2, -0.15) is 0 Å². The fourth-order valence-electron chi connectivity index (χ4n) is 5.01. The van der Waals surface area contributed by atoms with Gasteiger partial charge in [0.1, 0.15) is 17.5 Å². The number of ketones is 1. The lowest BCUT2D eigenvalue weighted by Gasteiger charge is -2.37. The number of hydrogen-bond donors (Lipinski definition) is 1. The molecule has 0 unspecified atom stereocenters. The molecule has 182 valence electrons. The summed E-state index contributed by atoms with van der Waals surface area (Å²) in [7, 11) is 0. The number of aromatic nitrogens is 2. The van der Waals surface area contributed by atoms with Crippen LogP contribution < -0.4 is 11.2 Å². The Balaban J connectivity index is 1.46. The van der Waals surface area contributed by atoms with Crippen LogP contribution in [0.1, 0.15) is 35.8 Å². The van der Waals surface area contributed by atoms with Crippen molar-refractivity contribution in [2.45, 2.75) is 50.9 Å². The van der Waals surface area contributed by atoms with Crippen LogP contribution in [0.5, 0.6) is 0 Å². The van der Waals surface area contributed by atoms with Gasteiger partial charge in [-0.3, -0.25) is 19.1 Å². The summed E-state index contributed by atoms with van der Waals surface area (Å²) in [5.74, 6) is -0.726. The third kappa shape index (κ3) is 4.65. The van der Waals surface area contributed by atoms with Crippen molar-refractivity contribution in [3.63, 3.8) is 0 Å². The van der Waals surface area contributed by atoms with Gasteiger partial charge in [0, 0.05) is 18.2 Å². The van der Waals surface area contributed by atoms with Gasteiger partial charge in [0.05, 0.1) is 25.7 Å². The van der Waals surface area contributed by atoms with Crippen LogP contribution in [0.4, 0.5) is 0 Å². The summed E-state index contributed by atoms with van der Waals surface area (Å²) in [6.07, 6.45) is 0.674. The highest BCUT2D eigenvalue weighted by atomic mass is 16.6. The molecule has 3 aromatic rings. The van der Waals surface area contributed by atoms with E-state index < -0.39 is 35.1 Å². The fourth-order valence-corrected chi connectivity index (χ4v) is 5.01. The van der Waals surface area contributed by atoms with Crippen LogP contribution in [-0.2, 0) is 32.2 Å². The standard InChI is InChI=1S/C27H28N2O6/c1-18-14-29(26(32)28-24(18)31)25-22-21(30)12-13-27(35-25,17-33-15-19-8-4-2-5-9-19)23(22)34-16-20-10-6-3-7-11-20/h2-11,14,22-23,25H,12-13,15-17H2,1H3,(H,28,31,32)/t22-,23+,25-,27-/m1/s1. The van der Waals surface area contributed by atoms with Gasteiger partial charge in [0.15, 0.2) is 6.23 Å². The minimum Gasteiger partial charge on any atom is -0.374 e. The zero-order chi connectivity index (χ0) is 24.4. The average molecular weight is 477 g/mol. The van der Waals surface area contributed by atoms with Crippen molar-refractivity contribution in [3.8, 4) is 0 Å². The number of hydrogen-bond acceptors (Lipinski definition) is 6. The molecule has 0 amide bonds. The number of nitrogens with one attached hydrogen (secondary N) is 1. The lowest BCUT2D eigenvalue weighted by molar-refractivity contribution is -0.166. The highest BCUT2D eigenvalue weighted by molar-refractivity contribution is 5.84. The molecule has 1 aliphatic heterocycles. The predicted octanol–water partition coefficient (Wildman–Crippen LogP) is 2.89. The van der Waals surface area contributed by atoms with Crippen molar-refractivity contribution in [1.29, 1.82) is 0 Å². The van der Waals surface area contributed by atoms with Gasteiger partial charge >= 0.3 is 5.69 Å². The molecule has 35 heavy (non-hydrogen) atoms. The predicted molar refractivity (Wildman–Crippen MR) is 128 cm³/mol. The van der Waals surface area contributed by atoms with E-state index in [0.29, 0.717) is 31.6 Å². The quantitative estimate of drug-likeness (QED) is 0.537. The molecule has 1 saturated heterocycles. The van der Waals surface area contributed by atoms with Crippen LogP contribution in [0, 0.1) is 12.8 Å². The van der Waals surface area contributed by atoms with Gasteiger partial charge in [0.2, 0.25) is 0 Å². The first-order valence-corrected chi connectivity index (χ1v) is 11.8. The zero-order valence-corrected chi connectivity index (χ0v) is 19.5. The lowest BCUT2D eigenvalue weighted by Crippen LogP contribution is -2.52. The topological polar surface area (TPSA) is 99.6 Å². The average Bonchev–Trinajstić information content (AvgIpc) is 3.10. The Bertz CT molecular complexity index is 1300. The maximum atomic E-state index is 13.2. The van der Waals surface area contributed by atoms with E-state index in [2.05, 4.69) is 4.98 Å². The van der Waals surface area contributed by atoms with Crippen molar-refractivity contribution in [3.05, 3.63) is 104 Å². The molecular weight excluding hydrogens is 448 g/mol. The number of ether oxygens (including phenoxy) is 3. The molecule has 1 aromatic heterocycles. The number of benzene rings is 2. The SMILES string of the molecule is Cc1cn([C@@H]2O[C@@]3(COCc4ccccc4)CCC(=O)[C@@H]2[C@@H]3OCc2ccccc2)c(=O)[nH]c1=O. The van der Waals surface area contributed by atoms with E-state index in [9.17, 15) is 14.4 Å². The fraction of sp³-hybridized carbons (Fsp3) is 0.370. The Labute approximate surface area is 202 Å². The Hall–Kier alpha value is -3.33. The molecule has 2 aromatic carbocycles. The van der Waals surface area contributed by atoms with E-state index in [1.807, 2.05) is 60.7 Å². The first kappa shape index (κ1) is 23.4. The van der Waals surface area contributed by atoms with Crippen molar-refractivity contribution in [2.24, 2.45) is 5.92 Å². The third-order valence-electron chi connectivity index (χ3n) is 6.82. The van der Waals surface area contributed by atoms with E-state index >= 15 is 0 Å². The number of carbonyl (C=O) groups is 1. The molecule has 0 radical (unpaired) electrons. The number of aryl methyl sites for hydroxylation is 1. The number of carbonyl (C=O) groups excluding carboxylic acids is 1. The lowest BCUT2D eigenvalue weighted by atomic mass is 9.77. The van der Waals surface area contributed by atoms with Crippen LogP contribution in [0.3, 0.4) is 0 Å². The largest absolute Gasteiger partial charge is 0.374 e. The van der Waals surface area contributed by atoms with Crippen LogP contribution in [-0.4, -0.2) is 33.6 Å². The minimum absolute atomic E-state index is 0.0278. The van der Waals surface area contributed by atoms with Gasteiger partial charge in [-0.15, -0.1) is 0 Å². The highest BCUT2D eigenvalue weighted by Crippen LogP contribution is 2.50. The normalized spacial score (nSPS) is 25.6. The molecule has 2 bridgehead atoms. The summed E-state index contributed by atoms with van der Waals surface area (Å²) in [5.41, 5.74) is 0.369. The van der Waals surface area contributed by atoms with Crippen molar-refractivity contribution in [1.82, 2.24) is 9.55 Å². The van der Waals surface area contributed by atoms with Crippen LogP contribution >= 0.6 is 0 Å². The Morgan fingerprint density at radius 3 is 2.34 bits per heavy atom. The molecule has 5 rings (SSSR count). The number of rotatable bonds is 8. The van der Waals surface area contributed by atoms with Crippen molar-refractivity contribution >= 4 is 5.78 Å². The zero-order valence-electron chi connectivity index (χ0n) is 19.5. The molecule has 4 atom stereocenters. The Kier molecular flexibility index (Phi) is 6.51. The molecule has 2 fully saturated rings. The van der Waals surface area contributed by atoms with Gasteiger partial charge in [-0.05, 0) is 24.5 Å². The minimum atomic E-state index is -0.906. The summed E-state index contributed by atoms with van der Waals surface area (Å²) in [6.45, 7) is 2.50. The number of Topliss-reactive ketones (excluding diaryl/α,β-unsaturated/α-hetero) is 1. The molecule has 2 aliphatic rings.